The summed E-state index contributed by atoms with van der Waals surface area (Å²) in [6.45, 7) is 0.132. The van der Waals surface area contributed by atoms with Crippen molar-refractivity contribution in [1.29, 1.82) is 0 Å². The number of aromatic nitrogens is 3. The smallest absolute Gasteiger partial charge is 0.242 e. The lowest BCUT2D eigenvalue weighted by Gasteiger charge is -2.05. The molecule has 23 heavy (non-hydrogen) atoms. The van der Waals surface area contributed by atoms with Crippen molar-refractivity contribution in [2.24, 2.45) is 0 Å². The van der Waals surface area contributed by atoms with Crippen molar-refractivity contribution in [3.05, 3.63) is 59.9 Å². The zero-order valence-electron chi connectivity index (χ0n) is 12.3. The Morgan fingerprint density at radius 1 is 1.26 bits per heavy atom. The molecule has 0 bridgehead atoms. The summed E-state index contributed by atoms with van der Waals surface area (Å²) in [7, 11) is 0. The number of amides is 1. The van der Waals surface area contributed by atoms with Crippen LogP contribution in [0.25, 0.3) is 11.0 Å². The zero-order chi connectivity index (χ0) is 15.8. The van der Waals surface area contributed by atoms with Gasteiger partial charge in [0, 0.05) is 12.0 Å². The van der Waals surface area contributed by atoms with Crippen LogP contribution < -0.4 is 5.32 Å². The van der Waals surface area contributed by atoms with Gasteiger partial charge in [-0.3, -0.25) is 4.79 Å². The van der Waals surface area contributed by atoms with Gasteiger partial charge in [-0.05, 0) is 36.2 Å². The maximum absolute atomic E-state index is 13.2. The molecule has 0 aliphatic heterocycles. The normalized spacial score (nSPS) is 19.7. The van der Waals surface area contributed by atoms with Crippen LogP contribution in [0, 0.1) is 5.82 Å². The van der Waals surface area contributed by atoms with Crippen molar-refractivity contribution < 1.29 is 9.18 Å². The summed E-state index contributed by atoms with van der Waals surface area (Å²) in [5.41, 5.74) is 2.53. The second kappa shape index (κ2) is 5.46. The Hall–Kier alpha value is -2.76. The average Bonchev–Trinajstić information content (AvgIpc) is 3.19. The maximum atomic E-state index is 13.2. The summed E-state index contributed by atoms with van der Waals surface area (Å²) >= 11 is 0. The topological polar surface area (TPSA) is 59.8 Å². The molecular weight excluding hydrogens is 295 g/mol. The molecule has 6 heteroatoms. The number of nitrogens with one attached hydrogen (secondary N) is 1. The maximum Gasteiger partial charge on any atom is 0.242 e. The molecule has 2 atom stereocenters. The zero-order valence-corrected chi connectivity index (χ0v) is 12.3. The standard InChI is InChI=1S/C17H15FN4O/c18-12-5-3-4-11(8-12)13-9-15(13)19-17(23)10-22-16-7-2-1-6-14(16)20-21-22/h1-8,13,15H,9-10H2,(H,19,23)/t13-,15+/m1/s1. The van der Waals surface area contributed by atoms with Crippen LogP contribution >= 0.6 is 0 Å². The molecule has 0 spiro atoms. The van der Waals surface area contributed by atoms with Crippen LogP contribution in [0.15, 0.2) is 48.5 Å². The minimum Gasteiger partial charge on any atom is -0.351 e. The van der Waals surface area contributed by atoms with E-state index >= 15 is 0 Å². The van der Waals surface area contributed by atoms with E-state index in [1.165, 1.54) is 12.1 Å². The Balaban J connectivity index is 1.40. The van der Waals surface area contributed by atoms with Crippen LogP contribution in [0.4, 0.5) is 4.39 Å². The number of para-hydroxylation sites is 1. The highest BCUT2D eigenvalue weighted by atomic mass is 19.1. The third-order valence-electron chi connectivity index (χ3n) is 4.13. The first-order valence-electron chi connectivity index (χ1n) is 7.54. The molecule has 1 fully saturated rings. The van der Waals surface area contributed by atoms with Gasteiger partial charge in [-0.2, -0.15) is 0 Å². The van der Waals surface area contributed by atoms with Gasteiger partial charge in [-0.1, -0.05) is 29.5 Å². The van der Waals surface area contributed by atoms with Crippen molar-refractivity contribution in [3.63, 3.8) is 0 Å². The van der Waals surface area contributed by atoms with Crippen LogP contribution in [-0.4, -0.2) is 26.9 Å². The molecule has 0 unspecified atom stereocenters. The van der Waals surface area contributed by atoms with E-state index in [1.54, 1.807) is 10.7 Å². The van der Waals surface area contributed by atoms with E-state index < -0.39 is 0 Å². The molecule has 1 aliphatic rings. The first kappa shape index (κ1) is 13.9. The summed E-state index contributed by atoms with van der Waals surface area (Å²) in [6, 6.07) is 14.1. The average molecular weight is 310 g/mol. The van der Waals surface area contributed by atoms with Crippen molar-refractivity contribution in [2.45, 2.75) is 24.9 Å². The van der Waals surface area contributed by atoms with Gasteiger partial charge in [0.15, 0.2) is 0 Å². The minimum atomic E-state index is -0.242. The molecule has 5 nitrogen and oxygen atoms in total. The highest BCUT2D eigenvalue weighted by Crippen LogP contribution is 2.40. The monoisotopic (exact) mass is 310 g/mol. The molecule has 3 aromatic rings. The van der Waals surface area contributed by atoms with Gasteiger partial charge in [0.2, 0.25) is 5.91 Å². The van der Waals surface area contributed by atoms with Crippen molar-refractivity contribution in [1.82, 2.24) is 20.3 Å². The molecule has 1 aliphatic carbocycles. The number of halogens is 1. The Bertz CT molecular complexity index is 876. The van der Waals surface area contributed by atoms with E-state index in [1.807, 2.05) is 30.3 Å². The van der Waals surface area contributed by atoms with Gasteiger partial charge in [0.1, 0.15) is 17.9 Å². The summed E-state index contributed by atoms with van der Waals surface area (Å²) < 4.78 is 14.8. The molecule has 4 rings (SSSR count). The van der Waals surface area contributed by atoms with Crippen LogP contribution in [0.2, 0.25) is 0 Å². The first-order valence-corrected chi connectivity index (χ1v) is 7.54. The molecule has 1 aromatic heterocycles. The van der Waals surface area contributed by atoms with Gasteiger partial charge in [0.25, 0.3) is 0 Å². The van der Waals surface area contributed by atoms with E-state index in [-0.39, 0.29) is 30.2 Å². The molecule has 1 saturated carbocycles. The summed E-state index contributed by atoms with van der Waals surface area (Å²) in [5, 5.41) is 11.0. The number of hydrogen-bond donors (Lipinski definition) is 1. The third kappa shape index (κ3) is 2.79. The molecule has 2 aromatic carbocycles. The van der Waals surface area contributed by atoms with E-state index in [4.69, 9.17) is 0 Å². The van der Waals surface area contributed by atoms with Crippen molar-refractivity contribution >= 4 is 16.9 Å². The van der Waals surface area contributed by atoms with Crippen LogP contribution in [0.5, 0.6) is 0 Å². The Morgan fingerprint density at radius 3 is 3.00 bits per heavy atom. The highest BCUT2D eigenvalue weighted by molar-refractivity contribution is 5.80. The predicted molar refractivity (Wildman–Crippen MR) is 83.2 cm³/mol. The third-order valence-corrected chi connectivity index (χ3v) is 4.13. The van der Waals surface area contributed by atoms with Crippen LogP contribution in [0.1, 0.15) is 17.9 Å². The SMILES string of the molecule is O=C(Cn1nnc2ccccc21)N[C@H]1C[C@@H]1c1cccc(F)c1. The predicted octanol–water partition coefficient (Wildman–Crippen LogP) is 2.24. The largest absolute Gasteiger partial charge is 0.351 e. The fourth-order valence-electron chi connectivity index (χ4n) is 2.88. The molecular formula is C17H15FN4O. The molecule has 1 N–H and O–H groups in total. The number of nitrogens with zero attached hydrogens (tertiary/aromatic N) is 3. The van der Waals surface area contributed by atoms with Crippen molar-refractivity contribution in [2.75, 3.05) is 0 Å². The number of benzene rings is 2. The number of carbonyl (C=O) groups excluding carboxylic acids is 1. The van der Waals surface area contributed by atoms with Gasteiger partial charge >= 0.3 is 0 Å². The van der Waals surface area contributed by atoms with Crippen molar-refractivity contribution in [3.8, 4) is 0 Å². The lowest BCUT2D eigenvalue weighted by molar-refractivity contribution is -0.121. The highest BCUT2D eigenvalue weighted by Gasteiger charge is 2.39. The van der Waals surface area contributed by atoms with E-state index in [2.05, 4.69) is 15.6 Å². The lowest BCUT2D eigenvalue weighted by atomic mass is 10.1. The van der Waals surface area contributed by atoms with E-state index in [0.29, 0.717) is 0 Å². The van der Waals surface area contributed by atoms with Crippen LogP contribution in [-0.2, 0) is 11.3 Å². The number of fused-ring (bicyclic) bond motifs is 1. The Morgan fingerprint density at radius 2 is 2.13 bits per heavy atom. The number of carbonyl (C=O) groups is 1. The van der Waals surface area contributed by atoms with Crippen LogP contribution in [0.3, 0.4) is 0 Å². The molecule has 1 amide bonds. The number of hydrogen-bond acceptors (Lipinski definition) is 3. The van der Waals surface area contributed by atoms with E-state index in [9.17, 15) is 9.18 Å². The molecule has 116 valence electrons. The van der Waals surface area contributed by atoms with Gasteiger partial charge in [-0.15, -0.1) is 5.10 Å². The minimum absolute atomic E-state index is 0.0686. The summed E-state index contributed by atoms with van der Waals surface area (Å²) in [6.07, 6.45) is 0.841. The van der Waals surface area contributed by atoms with E-state index in [0.717, 1.165) is 23.0 Å². The lowest BCUT2D eigenvalue weighted by Crippen LogP contribution is -2.30. The fourth-order valence-corrected chi connectivity index (χ4v) is 2.88. The molecule has 0 saturated heterocycles. The quantitative estimate of drug-likeness (QED) is 0.804. The Kier molecular flexibility index (Phi) is 3.29. The van der Waals surface area contributed by atoms with Gasteiger partial charge in [-0.25, -0.2) is 9.07 Å². The summed E-state index contributed by atoms with van der Waals surface area (Å²) in [5.74, 6) is -0.153. The summed E-state index contributed by atoms with van der Waals surface area (Å²) in [4.78, 5) is 12.2. The van der Waals surface area contributed by atoms with Gasteiger partial charge < -0.3 is 5.32 Å². The van der Waals surface area contributed by atoms with Gasteiger partial charge in [0.05, 0.1) is 5.52 Å². The Labute approximate surface area is 132 Å². The first-order chi connectivity index (χ1) is 11.2. The number of rotatable bonds is 4. The fraction of sp³-hybridized carbons (Fsp3) is 0.235. The second-order valence-corrected chi connectivity index (χ2v) is 5.81. The second-order valence-electron chi connectivity index (χ2n) is 5.81. The molecule has 1 heterocycles. The molecule has 0 radical (unpaired) electrons.